The Kier molecular flexibility index (Phi) is 7.10. The highest BCUT2D eigenvalue weighted by atomic mass is 16.5. The van der Waals surface area contributed by atoms with Crippen LogP contribution < -0.4 is 15.0 Å². The van der Waals surface area contributed by atoms with E-state index >= 15 is 0 Å². The summed E-state index contributed by atoms with van der Waals surface area (Å²) in [4.78, 5) is 25.9. The van der Waals surface area contributed by atoms with Gasteiger partial charge < -0.3 is 19.7 Å². The molecule has 30 heavy (non-hydrogen) atoms. The SMILES string of the molecule is O=C(NCCN1CCOCC1)C1CCN(c2nccnc2Oc2ccccc2)CC1. The van der Waals surface area contributed by atoms with Crippen molar-refractivity contribution in [2.75, 3.05) is 57.4 Å². The van der Waals surface area contributed by atoms with Crippen molar-refractivity contribution in [3.05, 3.63) is 42.7 Å². The Balaban J connectivity index is 1.26. The Labute approximate surface area is 177 Å². The highest BCUT2D eigenvalue weighted by Crippen LogP contribution is 2.30. The first-order valence-corrected chi connectivity index (χ1v) is 10.7. The van der Waals surface area contributed by atoms with Crippen LogP contribution in [-0.4, -0.2) is 73.3 Å². The van der Waals surface area contributed by atoms with Gasteiger partial charge in [0.1, 0.15) is 5.75 Å². The molecule has 0 spiro atoms. The first kappa shape index (κ1) is 20.6. The molecule has 1 aromatic heterocycles. The van der Waals surface area contributed by atoms with E-state index in [0.717, 1.165) is 70.3 Å². The second kappa shape index (κ2) is 10.4. The number of ether oxygens (including phenoxy) is 2. The number of piperidine rings is 1. The van der Waals surface area contributed by atoms with Gasteiger partial charge in [0.15, 0.2) is 5.82 Å². The minimum absolute atomic E-state index is 0.0427. The highest BCUT2D eigenvalue weighted by Gasteiger charge is 2.27. The fourth-order valence-corrected chi connectivity index (χ4v) is 3.87. The number of rotatable bonds is 7. The Morgan fingerprint density at radius 3 is 2.57 bits per heavy atom. The largest absolute Gasteiger partial charge is 0.436 e. The van der Waals surface area contributed by atoms with Gasteiger partial charge in [-0.15, -0.1) is 0 Å². The Hall–Kier alpha value is -2.71. The van der Waals surface area contributed by atoms with E-state index < -0.39 is 0 Å². The van der Waals surface area contributed by atoms with Crippen LogP contribution >= 0.6 is 0 Å². The summed E-state index contributed by atoms with van der Waals surface area (Å²) in [5.74, 6) is 2.15. The van der Waals surface area contributed by atoms with Gasteiger partial charge in [0.05, 0.1) is 13.2 Å². The molecule has 0 aliphatic carbocycles. The molecule has 160 valence electrons. The number of carbonyl (C=O) groups excluding carboxylic acids is 1. The molecule has 0 saturated carbocycles. The van der Waals surface area contributed by atoms with E-state index in [-0.39, 0.29) is 11.8 Å². The van der Waals surface area contributed by atoms with Crippen LogP contribution in [0.25, 0.3) is 0 Å². The summed E-state index contributed by atoms with van der Waals surface area (Å²) in [6.07, 6.45) is 4.91. The van der Waals surface area contributed by atoms with E-state index in [2.05, 4.69) is 25.1 Å². The fourth-order valence-electron chi connectivity index (χ4n) is 3.87. The summed E-state index contributed by atoms with van der Waals surface area (Å²) in [6.45, 7) is 6.54. The zero-order valence-electron chi connectivity index (χ0n) is 17.2. The average molecular weight is 412 g/mol. The molecule has 2 aliphatic heterocycles. The molecule has 0 bridgehead atoms. The quantitative estimate of drug-likeness (QED) is 0.746. The molecule has 8 nitrogen and oxygen atoms in total. The summed E-state index contributed by atoms with van der Waals surface area (Å²) >= 11 is 0. The van der Waals surface area contributed by atoms with Gasteiger partial charge in [-0.05, 0) is 25.0 Å². The number of hydrogen-bond donors (Lipinski definition) is 1. The van der Waals surface area contributed by atoms with Crippen molar-refractivity contribution in [1.82, 2.24) is 20.2 Å². The smallest absolute Gasteiger partial charge is 0.263 e. The molecule has 4 rings (SSSR count). The molecular formula is C22H29N5O3. The summed E-state index contributed by atoms with van der Waals surface area (Å²) in [5.41, 5.74) is 0. The molecule has 1 amide bonds. The molecule has 2 aliphatic rings. The van der Waals surface area contributed by atoms with Crippen LogP contribution in [0.15, 0.2) is 42.7 Å². The summed E-state index contributed by atoms with van der Waals surface area (Å²) in [7, 11) is 0. The van der Waals surface area contributed by atoms with Crippen LogP contribution in [0.1, 0.15) is 12.8 Å². The number of nitrogens with one attached hydrogen (secondary N) is 1. The van der Waals surface area contributed by atoms with E-state index in [4.69, 9.17) is 9.47 Å². The molecule has 2 fully saturated rings. The van der Waals surface area contributed by atoms with Crippen LogP contribution in [-0.2, 0) is 9.53 Å². The maximum atomic E-state index is 12.6. The second-order valence-corrected chi connectivity index (χ2v) is 7.61. The summed E-state index contributed by atoms with van der Waals surface area (Å²) < 4.78 is 11.3. The second-order valence-electron chi connectivity index (χ2n) is 7.61. The van der Waals surface area contributed by atoms with Crippen molar-refractivity contribution in [2.24, 2.45) is 5.92 Å². The average Bonchev–Trinajstić information content (AvgIpc) is 2.81. The van der Waals surface area contributed by atoms with E-state index in [1.165, 1.54) is 0 Å². The maximum Gasteiger partial charge on any atom is 0.263 e. The van der Waals surface area contributed by atoms with Gasteiger partial charge in [-0.2, -0.15) is 0 Å². The fraction of sp³-hybridized carbons (Fsp3) is 0.500. The number of para-hydroxylation sites is 1. The van der Waals surface area contributed by atoms with E-state index in [1.807, 2.05) is 30.3 Å². The van der Waals surface area contributed by atoms with Gasteiger partial charge in [0.2, 0.25) is 5.91 Å². The van der Waals surface area contributed by atoms with Crippen LogP contribution in [0.3, 0.4) is 0 Å². The number of nitrogens with zero attached hydrogens (tertiary/aromatic N) is 4. The maximum absolute atomic E-state index is 12.6. The molecular weight excluding hydrogens is 382 g/mol. The summed E-state index contributed by atoms with van der Waals surface area (Å²) in [6, 6.07) is 9.59. The number of morpholine rings is 1. The molecule has 0 atom stereocenters. The molecule has 1 N–H and O–H groups in total. The van der Waals surface area contributed by atoms with Crippen LogP contribution in [0.5, 0.6) is 11.6 Å². The standard InChI is InChI=1S/C22H29N5O3/c28-21(24-10-13-26-14-16-29-17-15-26)18-6-11-27(12-7-18)20-22(25-9-8-23-20)30-19-4-2-1-3-5-19/h1-5,8-9,18H,6-7,10-17H2,(H,24,28). The first-order valence-electron chi connectivity index (χ1n) is 10.7. The minimum Gasteiger partial charge on any atom is -0.436 e. The normalized spacial score (nSPS) is 18.2. The van der Waals surface area contributed by atoms with Crippen molar-refractivity contribution in [3.8, 4) is 11.6 Å². The molecule has 2 saturated heterocycles. The number of anilines is 1. The monoisotopic (exact) mass is 411 g/mol. The van der Waals surface area contributed by atoms with Gasteiger partial charge in [-0.3, -0.25) is 9.69 Å². The van der Waals surface area contributed by atoms with Crippen LogP contribution in [0.4, 0.5) is 5.82 Å². The molecule has 0 unspecified atom stereocenters. The number of amides is 1. The third-order valence-electron chi connectivity index (χ3n) is 5.60. The molecule has 1 aromatic carbocycles. The van der Waals surface area contributed by atoms with Gasteiger partial charge >= 0.3 is 0 Å². The van der Waals surface area contributed by atoms with E-state index in [0.29, 0.717) is 12.4 Å². The van der Waals surface area contributed by atoms with Crippen LogP contribution in [0, 0.1) is 5.92 Å². The predicted octanol–water partition coefficient (Wildman–Crippen LogP) is 1.93. The number of hydrogen-bond acceptors (Lipinski definition) is 7. The molecule has 2 aromatic rings. The van der Waals surface area contributed by atoms with Gasteiger partial charge in [0.25, 0.3) is 5.88 Å². The molecule has 3 heterocycles. The Morgan fingerprint density at radius 1 is 1.07 bits per heavy atom. The zero-order chi connectivity index (χ0) is 20.6. The highest BCUT2D eigenvalue weighted by molar-refractivity contribution is 5.79. The third kappa shape index (κ3) is 5.46. The van der Waals surface area contributed by atoms with Gasteiger partial charge in [0, 0.05) is 57.6 Å². The van der Waals surface area contributed by atoms with E-state index in [9.17, 15) is 4.79 Å². The number of benzene rings is 1. The lowest BCUT2D eigenvalue weighted by atomic mass is 9.96. The first-order chi connectivity index (χ1) is 14.8. The Bertz CT molecular complexity index is 805. The van der Waals surface area contributed by atoms with Crippen molar-refractivity contribution >= 4 is 11.7 Å². The van der Waals surface area contributed by atoms with Crippen molar-refractivity contribution in [1.29, 1.82) is 0 Å². The number of aromatic nitrogens is 2. The summed E-state index contributed by atoms with van der Waals surface area (Å²) in [5, 5.41) is 3.11. The van der Waals surface area contributed by atoms with Crippen LogP contribution in [0.2, 0.25) is 0 Å². The minimum atomic E-state index is 0.0427. The lowest BCUT2D eigenvalue weighted by molar-refractivity contribution is -0.125. The lowest BCUT2D eigenvalue weighted by Gasteiger charge is -2.32. The molecule has 0 radical (unpaired) electrons. The number of carbonyl (C=O) groups is 1. The Morgan fingerprint density at radius 2 is 1.80 bits per heavy atom. The van der Waals surface area contributed by atoms with E-state index in [1.54, 1.807) is 12.4 Å². The van der Waals surface area contributed by atoms with Crippen molar-refractivity contribution < 1.29 is 14.3 Å². The zero-order valence-corrected chi connectivity index (χ0v) is 17.2. The lowest BCUT2D eigenvalue weighted by Crippen LogP contribution is -2.44. The predicted molar refractivity (Wildman–Crippen MR) is 114 cm³/mol. The van der Waals surface area contributed by atoms with Crippen molar-refractivity contribution in [2.45, 2.75) is 12.8 Å². The van der Waals surface area contributed by atoms with Gasteiger partial charge in [-0.1, -0.05) is 18.2 Å². The van der Waals surface area contributed by atoms with Gasteiger partial charge in [-0.25, -0.2) is 9.97 Å². The van der Waals surface area contributed by atoms with Crippen molar-refractivity contribution in [3.63, 3.8) is 0 Å². The molecule has 8 heteroatoms. The topological polar surface area (TPSA) is 79.8 Å². The third-order valence-corrected chi connectivity index (χ3v) is 5.60.